The molecule has 2 fully saturated rings. The number of rotatable bonds is 3. The lowest BCUT2D eigenvalue weighted by Gasteiger charge is -2.38. The maximum Gasteiger partial charge on any atom is 0.192 e. The van der Waals surface area contributed by atoms with Crippen molar-refractivity contribution >= 4 is 8.32 Å². The van der Waals surface area contributed by atoms with E-state index in [-0.39, 0.29) is 0 Å². The maximum absolute atomic E-state index is 6.51. The Morgan fingerprint density at radius 1 is 1.33 bits per heavy atom. The highest BCUT2D eigenvalue weighted by molar-refractivity contribution is 6.74. The second kappa shape index (κ2) is 3.73. The molecule has 18 heavy (non-hydrogen) atoms. The van der Waals surface area contributed by atoms with E-state index in [0.29, 0.717) is 15.9 Å². The highest BCUT2D eigenvalue weighted by Gasteiger charge is 2.74. The molecule has 0 aliphatic heterocycles. The van der Waals surface area contributed by atoms with Gasteiger partial charge in [-0.05, 0) is 42.3 Å². The van der Waals surface area contributed by atoms with E-state index in [2.05, 4.69) is 54.3 Å². The van der Waals surface area contributed by atoms with E-state index in [0.717, 1.165) is 12.5 Å². The summed E-state index contributed by atoms with van der Waals surface area (Å²) in [5.74, 6) is 0.822. The first-order valence-electron chi connectivity index (χ1n) is 7.29. The third-order valence-electron chi connectivity index (χ3n) is 6.37. The van der Waals surface area contributed by atoms with Gasteiger partial charge in [0.1, 0.15) is 0 Å². The van der Waals surface area contributed by atoms with Crippen LogP contribution in [0.2, 0.25) is 18.1 Å². The average molecular weight is 267 g/mol. The van der Waals surface area contributed by atoms with Gasteiger partial charge in [0.2, 0.25) is 0 Å². The molecule has 0 N–H and O–H groups in total. The molecule has 0 aromatic carbocycles. The van der Waals surface area contributed by atoms with Gasteiger partial charge < -0.3 is 4.43 Å². The number of fused-ring (bicyclic) bond motifs is 1. The lowest BCUT2D eigenvalue weighted by molar-refractivity contribution is 0.209. The third kappa shape index (κ3) is 1.68. The van der Waals surface area contributed by atoms with E-state index in [9.17, 15) is 0 Å². The minimum Gasteiger partial charge on any atom is -0.416 e. The summed E-state index contributed by atoms with van der Waals surface area (Å²) < 4.78 is 6.51. The summed E-state index contributed by atoms with van der Waals surface area (Å²) in [5.41, 5.74) is 2.18. The monoisotopic (exact) mass is 266 g/mol. The molecule has 0 amide bonds. The summed E-state index contributed by atoms with van der Waals surface area (Å²) in [6, 6.07) is 0. The summed E-state index contributed by atoms with van der Waals surface area (Å²) >= 11 is 0. The number of hydrogen-bond donors (Lipinski definition) is 0. The van der Waals surface area contributed by atoms with Crippen molar-refractivity contribution in [2.24, 2.45) is 16.7 Å². The lowest BCUT2D eigenvalue weighted by Crippen LogP contribution is -2.42. The van der Waals surface area contributed by atoms with Crippen LogP contribution in [0.25, 0.3) is 0 Å². The summed E-state index contributed by atoms with van der Waals surface area (Å²) in [6.07, 6.45) is 2.54. The molecule has 0 bridgehead atoms. The summed E-state index contributed by atoms with van der Waals surface area (Å²) in [6.45, 7) is 21.7. The van der Waals surface area contributed by atoms with Gasteiger partial charge in [0.15, 0.2) is 8.32 Å². The molecular weight excluding hydrogens is 236 g/mol. The molecule has 2 aliphatic carbocycles. The average Bonchev–Trinajstić information content (AvgIpc) is 2.48. The Bertz CT molecular complexity index is 375. The number of hydrogen-bond acceptors (Lipinski definition) is 1. The minimum absolute atomic E-state index is 0.304. The van der Waals surface area contributed by atoms with Gasteiger partial charge in [-0.25, -0.2) is 0 Å². The van der Waals surface area contributed by atoms with E-state index in [1.807, 2.05) is 0 Å². The molecular formula is C16H30OSi. The van der Waals surface area contributed by atoms with Crippen molar-refractivity contribution in [2.45, 2.75) is 65.6 Å². The molecule has 2 saturated carbocycles. The second-order valence-corrected chi connectivity index (χ2v) is 13.2. The van der Waals surface area contributed by atoms with Crippen LogP contribution < -0.4 is 0 Å². The topological polar surface area (TPSA) is 9.23 Å². The van der Waals surface area contributed by atoms with Gasteiger partial charge in [-0.3, -0.25) is 0 Å². The molecule has 104 valence electrons. The zero-order valence-electron chi connectivity index (χ0n) is 13.3. The van der Waals surface area contributed by atoms with Crippen molar-refractivity contribution in [3.63, 3.8) is 0 Å². The zero-order valence-corrected chi connectivity index (χ0v) is 14.3. The summed E-state index contributed by atoms with van der Waals surface area (Å²) in [4.78, 5) is 0. The Morgan fingerprint density at radius 3 is 2.28 bits per heavy atom. The van der Waals surface area contributed by atoms with Crippen LogP contribution in [0.5, 0.6) is 0 Å². The second-order valence-electron chi connectivity index (χ2n) is 8.44. The quantitative estimate of drug-likeness (QED) is 0.516. The van der Waals surface area contributed by atoms with Gasteiger partial charge >= 0.3 is 0 Å². The molecule has 2 rings (SSSR count). The molecule has 0 heterocycles. The SMILES string of the molecule is C=C1CC[C@@H]2C(C)(C)[C@]12CO[Si](C)(C)C(C)(C)C. The molecule has 2 atom stereocenters. The van der Waals surface area contributed by atoms with Crippen molar-refractivity contribution in [3.05, 3.63) is 12.2 Å². The third-order valence-corrected chi connectivity index (χ3v) is 10.8. The Hall–Kier alpha value is -0.0831. The Labute approximate surface area is 114 Å². The predicted molar refractivity (Wildman–Crippen MR) is 81.2 cm³/mol. The molecule has 2 aliphatic rings. The standard InChI is InChI=1S/C16H30OSi/c1-12-9-10-13-15(5,6)16(12,13)11-17-18(7,8)14(2,3)4/h13H,1,9-11H2,2-8H3/t13-,16-/m1/s1. The Balaban J connectivity index is 2.10. The van der Waals surface area contributed by atoms with E-state index < -0.39 is 8.32 Å². The Kier molecular flexibility index (Phi) is 2.97. The highest BCUT2D eigenvalue weighted by Crippen LogP contribution is 2.78. The molecule has 0 unspecified atom stereocenters. The molecule has 0 aromatic heterocycles. The van der Waals surface area contributed by atoms with E-state index in [4.69, 9.17) is 4.43 Å². The molecule has 0 saturated heterocycles. The first-order chi connectivity index (χ1) is 7.97. The first-order valence-corrected chi connectivity index (χ1v) is 10.2. The smallest absolute Gasteiger partial charge is 0.192 e. The van der Waals surface area contributed by atoms with Gasteiger partial charge in [0, 0.05) is 12.0 Å². The molecule has 0 radical (unpaired) electrons. The first kappa shape index (κ1) is 14.3. The fourth-order valence-corrected chi connectivity index (χ4v) is 4.74. The zero-order chi connectivity index (χ0) is 14.0. The fourth-order valence-electron chi connectivity index (χ4n) is 3.72. The largest absolute Gasteiger partial charge is 0.416 e. The normalized spacial score (nSPS) is 34.6. The van der Waals surface area contributed by atoms with Crippen molar-refractivity contribution in [1.82, 2.24) is 0 Å². The van der Waals surface area contributed by atoms with Gasteiger partial charge in [-0.1, -0.05) is 46.8 Å². The van der Waals surface area contributed by atoms with Crippen LogP contribution in [-0.4, -0.2) is 14.9 Å². The van der Waals surface area contributed by atoms with Crippen LogP contribution in [0.3, 0.4) is 0 Å². The van der Waals surface area contributed by atoms with Gasteiger partial charge in [0.25, 0.3) is 0 Å². The highest BCUT2D eigenvalue weighted by atomic mass is 28.4. The van der Waals surface area contributed by atoms with Crippen LogP contribution in [0.1, 0.15) is 47.5 Å². The van der Waals surface area contributed by atoms with Crippen molar-refractivity contribution in [3.8, 4) is 0 Å². The maximum atomic E-state index is 6.51. The van der Waals surface area contributed by atoms with Crippen LogP contribution >= 0.6 is 0 Å². The van der Waals surface area contributed by atoms with Gasteiger partial charge in [0.05, 0.1) is 0 Å². The fraction of sp³-hybridized carbons (Fsp3) is 0.875. The van der Waals surface area contributed by atoms with Crippen LogP contribution in [-0.2, 0) is 4.43 Å². The lowest BCUT2D eigenvalue weighted by atomic mass is 9.88. The summed E-state index contributed by atoms with van der Waals surface area (Å²) in [5, 5.41) is 0.304. The van der Waals surface area contributed by atoms with E-state index >= 15 is 0 Å². The van der Waals surface area contributed by atoms with Gasteiger partial charge in [-0.15, -0.1) is 0 Å². The molecule has 0 aromatic rings. The van der Waals surface area contributed by atoms with Crippen molar-refractivity contribution < 1.29 is 4.43 Å². The summed E-state index contributed by atoms with van der Waals surface area (Å²) in [7, 11) is -1.63. The minimum atomic E-state index is -1.63. The van der Waals surface area contributed by atoms with E-state index in [1.54, 1.807) is 0 Å². The Morgan fingerprint density at radius 2 is 1.89 bits per heavy atom. The van der Waals surface area contributed by atoms with Crippen LogP contribution in [0, 0.1) is 16.7 Å². The molecule has 1 nitrogen and oxygen atoms in total. The van der Waals surface area contributed by atoms with Crippen molar-refractivity contribution in [1.29, 1.82) is 0 Å². The van der Waals surface area contributed by atoms with Crippen molar-refractivity contribution in [2.75, 3.05) is 6.61 Å². The van der Waals surface area contributed by atoms with Crippen LogP contribution in [0.4, 0.5) is 0 Å². The van der Waals surface area contributed by atoms with Gasteiger partial charge in [-0.2, -0.15) is 0 Å². The molecule has 0 spiro atoms. The predicted octanol–water partition coefficient (Wildman–Crippen LogP) is 5.00. The van der Waals surface area contributed by atoms with Crippen LogP contribution in [0.15, 0.2) is 12.2 Å². The molecule has 2 heteroatoms. The van der Waals surface area contributed by atoms with E-state index in [1.165, 1.54) is 18.4 Å².